The molecule has 0 aromatic heterocycles. The highest BCUT2D eigenvalue weighted by molar-refractivity contribution is 5.60. The third-order valence-corrected chi connectivity index (χ3v) is 2.71. The minimum Gasteiger partial charge on any atom is -0.376 e. The average molecular weight is 208 g/mol. The first-order valence-corrected chi connectivity index (χ1v) is 5.04. The molecule has 0 unspecified atom stereocenters. The van der Waals surface area contributed by atoms with Crippen molar-refractivity contribution in [1.82, 2.24) is 0 Å². The third-order valence-electron chi connectivity index (χ3n) is 2.71. The van der Waals surface area contributed by atoms with Gasteiger partial charge in [0.2, 0.25) is 0 Å². The van der Waals surface area contributed by atoms with Gasteiger partial charge in [-0.1, -0.05) is 30.3 Å². The van der Waals surface area contributed by atoms with Crippen LogP contribution < -0.4 is 0 Å². The number of hydrogen-bond acceptors (Lipinski definition) is 2. The Morgan fingerprint density at radius 3 is 2.67 bits per heavy atom. The van der Waals surface area contributed by atoms with Crippen molar-refractivity contribution in [3.63, 3.8) is 0 Å². The Balaban J connectivity index is 1.70. The summed E-state index contributed by atoms with van der Waals surface area (Å²) in [5, 5.41) is 0. The lowest BCUT2D eigenvalue weighted by atomic mass is 10.2. The molecule has 1 aliphatic rings. The monoisotopic (exact) mass is 208 g/mol. The van der Waals surface area contributed by atoms with Gasteiger partial charge in [-0.05, 0) is 5.56 Å². The maximum Gasteiger partial charge on any atom is 0.126 e. The second-order valence-electron chi connectivity index (χ2n) is 3.82. The highest BCUT2D eigenvalue weighted by atomic mass is 19.1. The van der Waals surface area contributed by atoms with Crippen molar-refractivity contribution in [1.29, 1.82) is 0 Å². The minimum absolute atomic E-state index is 0.216. The summed E-state index contributed by atoms with van der Waals surface area (Å²) in [5.41, 5.74) is 1.07. The van der Waals surface area contributed by atoms with Crippen LogP contribution in [0.4, 0.5) is 4.39 Å². The molecule has 15 heavy (non-hydrogen) atoms. The van der Waals surface area contributed by atoms with Gasteiger partial charge in [0.05, 0.1) is 19.1 Å². The maximum absolute atomic E-state index is 12.9. The zero-order chi connectivity index (χ0) is 10.7. The van der Waals surface area contributed by atoms with Crippen molar-refractivity contribution >= 4 is 6.29 Å². The molecular weight excluding hydrogens is 195 g/mol. The molecule has 0 heterocycles. The minimum atomic E-state index is -0.988. The lowest BCUT2D eigenvalue weighted by Gasteiger charge is -2.02. The molecule has 0 aliphatic heterocycles. The van der Waals surface area contributed by atoms with Gasteiger partial charge in [-0.25, -0.2) is 4.39 Å². The SMILES string of the molecule is O=C[C@@H]1[C@@H](F)[C@H]1COCc1ccccc1. The number of rotatable bonds is 5. The number of alkyl halides is 1. The van der Waals surface area contributed by atoms with E-state index in [1.165, 1.54) is 0 Å². The summed E-state index contributed by atoms with van der Waals surface area (Å²) < 4.78 is 18.2. The summed E-state index contributed by atoms with van der Waals surface area (Å²) in [6.07, 6.45) is -0.306. The van der Waals surface area contributed by atoms with E-state index in [9.17, 15) is 9.18 Å². The number of hydrogen-bond donors (Lipinski definition) is 0. The topological polar surface area (TPSA) is 26.3 Å². The molecule has 0 spiro atoms. The van der Waals surface area contributed by atoms with E-state index in [2.05, 4.69) is 0 Å². The smallest absolute Gasteiger partial charge is 0.126 e. The van der Waals surface area contributed by atoms with Crippen LogP contribution in [0, 0.1) is 11.8 Å². The summed E-state index contributed by atoms with van der Waals surface area (Å²) in [6.45, 7) is 0.815. The molecular formula is C12H13FO2. The van der Waals surface area contributed by atoms with Gasteiger partial charge in [-0.3, -0.25) is 0 Å². The van der Waals surface area contributed by atoms with Gasteiger partial charge in [-0.15, -0.1) is 0 Å². The molecule has 1 aliphatic carbocycles. The lowest BCUT2D eigenvalue weighted by Crippen LogP contribution is -1.99. The summed E-state index contributed by atoms with van der Waals surface area (Å²) >= 11 is 0. The van der Waals surface area contributed by atoms with Crippen LogP contribution in [0.2, 0.25) is 0 Å². The van der Waals surface area contributed by atoms with Crippen LogP contribution in [-0.2, 0) is 16.1 Å². The summed E-state index contributed by atoms with van der Waals surface area (Å²) in [7, 11) is 0. The number of carbonyl (C=O) groups is 1. The number of aldehydes is 1. The van der Waals surface area contributed by atoms with Crippen molar-refractivity contribution in [3.8, 4) is 0 Å². The van der Waals surface area contributed by atoms with Crippen LogP contribution in [0.5, 0.6) is 0 Å². The Morgan fingerprint density at radius 1 is 1.33 bits per heavy atom. The number of benzene rings is 1. The third kappa shape index (κ3) is 2.42. The largest absolute Gasteiger partial charge is 0.376 e. The van der Waals surface area contributed by atoms with Crippen LogP contribution in [0.1, 0.15) is 5.56 Å². The highest BCUT2D eigenvalue weighted by Crippen LogP contribution is 2.40. The van der Waals surface area contributed by atoms with Crippen LogP contribution in [0.25, 0.3) is 0 Å². The molecule has 0 radical (unpaired) electrons. The predicted molar refractivity (Wildman–Crippen MR) is 54.0 cm³/mol. The van der Waals surface area contributed by atoms with Crippen molar-refractivity contribution in [3.05, 3.63) is 35.9 Å². The first-order chi connectivity index (χ1) is 7.33. The molecule has 1 aromatic rings. The fraction of sp³-hybridized carbons (Fsp3) is 0.417. The molecule has 1 saturated carbocycles. The van der Waals surface area contributed by atoms with Crippen molar-refractivity contribution in [2.75, 3.05) is 6.61 Å². The average Bonchev–Trinajstić information content (AvgIpc) is 2.90. The molecule has 1 fully saturated rings. The van der Waals surface area contributed by atoms with Crippen LogP contribution in [-0.4, -0.2) is 19.1 Å². The molecule has 0 N–H and O–H groups in total. The molecule has 3 atom stereocenters. The molecule has 2 rings (SSSR count). The van der Waals surface area contributed by atoms with Crippen molar-refractivity contribution in [2.24, 2.45) is 11.8 Å². The number of ether oxygens (including phenoxy) is 1. The maximum atomic E-state index is 12.9. The Bertz CT molecular complexity index is 326. The Labute approximate surface area is 88.1 Å². The van der Waals surface area contributed by atoms with Gasteiger partial charge < -0.3 is 9.53 Å². The Kier molecular flexibility index (Phi) is 3.11. The van der Waals surface area contributed by atoms with Gasteiger partial charge in [0.25, 0.3) is 0 Å². The summed E-state index contributed by atoms with van der Waals surface area (Å²) in [6, 6.07) is 9.71. The molecule has 3 heteroatoms. The van der Waals surface area contributed by atoms with E-state index in [4.69, 9.17) is 4.74 Å². The van der Waals surface area contributed by atoms with Gasteiger partial charge in [0, 0.05) is 5.92 Å². The van der Waals surface area contributed by atoms with Crippen LogP contribution in [0.15, 0.2) is 30.3 Å². The Hall–Kier alpha value is -1.22. The highest BCUT2D eigenvalue weighted by Gasteiger charge is 2.51. The Morgan fingerprint density at radius 2 is 2.07 bits per heavy atom. The van der Waals surface area contributed by atoms with E-state index < -0.39 is 12.1 Å². The number of halogens is 1. The summed E-state index contributed by atoms with van der Waals surface area (Å²) in [4.78, 5) is 10.3. The van der Waals surface area contributed by atoms with E-state index in [0.717, 1.165) is 5.56 Å². The van der Waals surface area contributed by atoms with Gasteiger partial charge in [-0.2, -0.15) is 0 Å². The van der Waals surface area contributed by atoms with Crippen molar-refractivity contribution < 1.29 is 13.9 Å². The molecule has 2 nitrogen and oxygen atoms in total. The van der Waals surface area contributed by atoms with Gasteiger partial charge in [0.15, 0.2) is 0 Å². The molecule has 80 valence electrons. The molecule has 0 amide bonds. The van der Waals surface area contributed by atoms with Crippen LogP contribution >= 0.6 is 0 Å². The zero-order valence-electron chi connectivity index (χ0n) is 8.30. The van der Waals surface area contributed by atoms with E-state index in [1.54, 1.807) is 0 Å². The zero-order valence-corrected chi connectivity index (χ0v) is 8.30. The summed E-state index contributed by atoms with van der Waals surface area (Å²) in [5.74, 6) is -0.646. The standard InChI is InChI=1S/C12H13FO2/c13-12-10(6-14)11(12)8-15-7-9-4-2-1-3-5-9/h1-6,10-12H,7-8H2/t10-,11-,12+/m0/s1. The fourth-order valence-electron chi connectivity index (χ4n) is 1.62. The number of carbonyl (C=O) groups excluding carboxylic acids is 1. The van der Waals surface area contributed by atoms with E-state index >= 15 is 0 Å². The normalized spacial score (nSPS) is 28.7. The lowest BCUT2D eigenvalue weighted by molar-refractivity contribution is -0.109. The molecule has 0 bridgehead atoms. The van der Waals surface area contributed by atoms with E-state index in [0.29, 0.717) is 19.5 Å². The molecule has 1 aromatic carbocycles. The van der Waals surface area contributed by atoms with E-state index in [1.807, 2.05) is 30.3 Å². The van der Waals surface area contributed by atoms with Gasteiger partial charge >= 0.3 is 0 Å². The molecule has 0 saturated heterocycles. The second-order valence-corrected chi connectivity index (χ2v) is 3.82. The second kappa shape index (κ2) is 4.53. The van der Waals surface area contributed by atoms with Gasteiger partial charge in [0.1, 0.15) is 12.5 Å². The first-order valence-electron chi connectivity index (χ1n) is 5.04. The quantitative estimate of drug-likeness (QED) is 0.692. The van der Waals surface area contributed by atoms with Crippen molar-refractivity contribution in [2.45, 2.75) is 12.8 Å². The fourth-order valence-corrected chi connectivity index (χ4v) is 1.62. The van der Waals surface area contributed by atoms with E-state index in [-0.39, 0.29) is 5.92 Å². The van der Waals surface area contributed by atoms with Crippen LogP contribution in [0.3, 0.4) is 0 Å². The first kappa shape index (κ1) is 10.3. The predicted octanol–water partition coefficient (Wildman–Crippen LogP) is 1.99.